The number of rotatable bonds is 9. The SMILES string of the molecule is CCOCCN1CCN(c2ccc(-c3nc4c(NC5CCN(CC)CC5)c(Cl)cnc4[nH]3)cc2)CC1=O. The maximum Gasteiger partial charge on any atom is 0.242 e. The van der Waals surface area contributed by atoms with Gasteiger partial charge in [-0.15, -0.1) is 0 Å². The van der Waals surface area contributed by atoms with Crippen molar-refractivity contribution in [1.82, 2.24) is 24.8 Å². The Labute approximate surface area is 223 Å². The van der Waals surface area contributed by atoms with Gasteiger partial charge in [-0.1, -0.05) is 18.5 Å². The van der Waals surface area contributed by atoms with E-state index in [9.17, 15) is 4.79 Å². The molecule has 37 heavy (non-hydrogen) atoms. The fourth-order valence-electron chi connectivity index (χ4n) is 5.12. The van der Waals surface area contributed by atoms with Gasteiger partial charge in [-0.2, -0.15) is 0 Å². The molecule has 2 aliphatic heterocycles. The Bertz CT molecular complexity index is 1210. The Kier molecular flexibility index (Phi) is 8.12. The lowest BCUT2D eigenvalue weighted by Gasteiger charge is -2.35. The lowest BCUT2D eigenvalue weighted by molar-refractivity contribution is -0.131. The number of carbonyl (C=O) groups excluding carboxylic acids is 1. The number of imidazole rings is 1. The number of fused-ring (bicyclic) bond motifs is 1. The number of pyridine rings is 1. The van der Waals surface area contributed by atoms with E-state index >= 15 is 0 Å². The van der Waals surface area contributed by atoms with E-state index in [0.717, 1.165) is 67.3 Å². The first kappa shape index (κ1) is 25.8. The second-order valence-electron chi connectivity index (χ2n) is 9.66. The molecule has 2 aliphatic rings. The summed E-state index contributed by atoms with van der Waals surface area (Å²) in [7, 11) is 0. The van der Waals surface area contributed by atoms with Gasteiger partial charge in [0.1, 0.15) is 11.3 Å². The molecule has 0 spiro atoms. The van der Waals surface area contributed by atoms with Crippen molar-refractivity contribution in [3.8, 4) is 11.4 Å². The van der Waals surface area contributed by atoms with Crippen molar-refractivity contribution < 1.29 is 9.53 Å². The summed E-state index contributed by atoms with van der Waals surface area (Å²) in [4.78, 5) is 31.8. The highest BCUT2D eigenvalue weighted by atomic mass is 35.5. The number of amides is 1. The van der Waals surface area contributed by atoms with Crippen LogP contribution in [0.25, 0.3) is 22.6 Å². The third kappa shape index (κ3) is 5.84. The minimum atomic E-state index is 0.135. The van der Waals surface area contributed by atoms with Gasteiger partial charge in [-0.05, 0) is 50.6 Å². The predicted molar refractivity (Wildman–Crippen MR) is 148 cm³/mol. The summed E-state index contributed by atoms with van der Waals surface area (Å²) in [5.74, 6) is 0.882. The minimum absolute atomic E-state index is 0.135. The van der Waals surface area contributed by atoms with E-state index in [1.54, 1.807) is 6.20 Å². The monoisotopic (exact) mass is 525 g/mol. The summed E-state index contributed by atoms with van der Waals surface area (Å²) >= 11 is 6.57. The molecule has 0 aliphatic carbocycles. The fraction of sp³-hybridized carbons (Fsp3) is 0.519. The number of aromatic nitrogens is 3. The third-order valence-electron chi connectivity index (χ3n) is 7.38. The van der Waals surface area contributed by atoms with Crippen LogP contribution < -0.4 is 10.2 Å². The molecule has 0 radical (unpaired) electrons. The standard InChI is InChI=1S/C27H36ClN7O2/c1-3-33-11-9-20(10-12-33)30-24-22(28)17-29-27-25(24)31-26(32-27)19-5-7-21(8-6-19)35-14-13-34(23(36)18-35)15-16-37-4-2/h5-8,17,20H,3-4,9-16,18H2,1-2H3,(H2,29,30,31,32). The molecule has 2 saturated heterocycles. The number of H-pyrrole nitrogens is 1. The number of hydrogen-bond acceptors (Lipinski definition) is 7. The van der Waals surface area contributed by atoms with Gasteiger partial charge < -0.3 is 29.7 Å². The van der Waals surface area contributed by atoms with Crippen LogP contribution in [0.15, 0.2) is 30.5 Å². The summed E-state index contributed by atoms with van der Waals surface area (Å²) in [5.41, 5.74) is 4.31. The second-order valence-corrected chi connectivity index (χ2v) is 10.1. The van der Waals surface area contributed by atoms with Crippen molar-refractivity contribution >= 4 is 40.0 Å². The van der Waals surface area contributed by atoms with Gasteiger partial charge in [0.05, 0.1) is 30.1 Å². The minimum Gasteiger partial charge on any atom is -0.380 e. The Morgan fingerprint density at radius 2 is 1.92 bits per heavy atom. The molecule has 2 aromatic heterocycles. The van der Waals surface area contributed by atoms with Crippen LogP contribution in [0.3, 0.4) is 0 Å². The fourth-order valence-corrected chi connectivity index (χ4v) is 5.31. The molecule has 0 saturated carbocycles. The molecule has 3 aromatic rings. The van der Waals surface area contributed by atoms with Crippen LogP contribution >= 0.6 is 11.6 Å². The molecule has 1 amide bonds. The van der Waals surface area contributed by atoms with Crippen molar-refractivity contribution in [2.75, 3.05) is 69.2 Å². The number of benzene rings is 1. The zero-order valence-corrected chi connectivity index (χ0v) is 22.4. The van der Waals surface area contributed by atoms with Crippen molar-refractivity contribution in [3.63, 3.8) is 0 Å². The van der Waals surface area contributed by atoms with Gasteiger partial charge in [0.15, 0.2) is 5.65 Å². The molecule has 0 bridgehead atoms. The number of piperazine rings is 1. The number of nitrogens with one attached hydrogen (secondary N) is 2. The zero-order chi connectivity index (χ0) is 25.8. The quantitative estimate of drug-likeness (QED) is 0.410. The lowest BCUT2D eigenvalue weighted by Crippen LogP contribution is -2.51. The van der Waals surface area contributed by atoms with Gasteiger partial charge in [0, 0.05) is 56.6 Å². The van der Waals surface area contributed by atoms with E-state index in [2.05, 4.69) is 32.0 Å². The number of nitrogens with zero attached hydrogens (tertiary/aromatic N) is 5. The summed E-state index contributed by atoms with van der Waals surface area (Å²) < 4.78 is 5.40. The van der Waals surface area contributed by atoms with Gasteiger partial charge in [-0.3, -0.25) is 4.79 Å². The normalized spacial score (nSPS) is 17.6. The maximum absolute atomic E-state index is 12.6. The van der Waals surface area contributed by atoms with Crippen LogP contribution in [0.5, 0.6) is 0 Å². The first-order valence-electron chi connectivity index (χ1n) is 13.3. The molecular weight excluding hydrogens is 490 g/mol. The number of aromatic amines is 1. The highest BCUT2D eigenvalue weighted by Crippen LogP contribution is 2.32. The molecule has 9 nitrogen and oxygen atoms in total. The molecule has 198 valence electrons. The molecule has 2 N–H and O–H groups in total. The molecule has 10 heteroatoms. The summed E-state index contributed by atoms with van der Waals surface area (Å²) in [5, 5.41) is 4.23. The predicted octanol–water partition coefficient (Wildman–Crippen LogP) is 3.86. The largest absolute Gasteiger partial charge is 0.380 e. The third-order valence-corrected chi connectivity index (χ3v) is 7.67. The molecule has 0 atom stereocenters. The van der Waals surface area contributed by atoms with E-state index in [0.29, 0.717) is 49.6 Å². The number of hydrogen-bond donors (Lipinski definition) is 2. The highest BCUT2D eigenvalue weighted by molar-refractivity contribution is 6.34. The Balaban J connectivity index is 1.28. The highest BCUT2D eigenvalue weighted by Gasteiger charge is 2.24. The lowest BCUT2D eigenvalue weighted by atomic mass is 10.0. The second kappa shape index (κ2) is 11.7. The average molecular weight is 526 g/mol. The summed E-state index contributed by atoms with van der Waals surface area (Å²) in [6.07, 6.45) is 3.84. The molecule has 5 rings (SSSR count). The number of carbonyl (C=O) groups is 1. The average Bonchev–Trinajstić information content (AvgIpc) is 3.36. The first-order chi connectivity index (χ1) is 18.1. The molecule has 2 fully saturated rings. The van der Waals surface area contributed by atoms with Crippen LogP contribution in [-0.4, -0.2) is 95.7 Å². The first-order valence-corrected chi connectivity index (χ1v) is 13.7. The Hall–Kier alpha value is -2.88. The smallest absolute Gasteiger partial charge is 0.242 e. The molecule has 4 heterocycles. The van der Waals surface area contributed by atoms with Gasteiger partial charge in [0.2, 0.25) is 5.91 Å². The Morgan fingerprint density at radius 3 is 2.62 bits per heavy atom. The number of piperidine rings is 1. The van der Waals surface area contributed by atoms with Gasteiger partial charge in [0.25, 0.3) is 0 Å². The summed E-state index contributed by atoms with van der Waals surface area (Å²) in [6.45, 7) is 11.2. The number of ether oxygens (including phenoxy) is 1. The molecule has 0 unspecified atom stereocenters. The van der Waals surface area contributed by atoms with Crippen molar-refractivity contribution in [3.05, 3.63) is 35.5 Å². The van der Waals surface area contributed by atoms with Gasteiger partial charge >= 0.3 is 0 Å². The van der Waals surface area contributed by atoms with E-state index in [1.807, 2.05) is 36.1 Å². The van der Waals surface area contributed by atoms with Crippen LogP contribution in [0, 0.1) is 0 Å². The van der Waals surface area contributed by atoms with Crippen molar-refractivity contribution in [2.45, 2.75) is 32.7 Å². The van der Waals surface area contributed by atoms with Crippen LogP contribution in [-0.2, 0) is 9.53 Å². The number of halogens is 1. The summed E-state index contributed by atoms with van der Waals surface area (Å²) in [6, 6.07) is 8.54. The maximum atomic E-state index is 12.6. The van der Waals surface area contributed by atoms with E-state index in [1.165, 1.54) is 0 Å². The van der Waals surface area contributed by atoms with E-state index < -0.39 is 0 Å². The van der Waals surface area contributed by atoms with Crippen molar-refractivity contribution in [1.29, 1.82) is 0 Å². The van der Waals surface area contributed by atoms with Crippen LogP contribution in [0.2, 0.25) is 5.02 Å². The van der Waals surface area contributed by atoms with E-state index in [-0.39, 0.29) is 5.91 Å². The molecule has 1 aromatic carbocycles. The van der Waals surface area contributed by atoms with E-state index in [4.69, 9.17) is 21.3 Å². The number of anilines is 2. The van der Waals surface area contributed by atoms with Gasteiger partial charge in [-0.25, -0.2) is 9.97 Å². The van der Waals surface area contributed by atoms with Crippen molar-refractivity contribution in [2.24, 2.45) is 0 Å². The van der Waals surface area contributed by atoms with Crippen LogP contribution in [0.1, 0.15) is 26.7 Å². The zero-order valence-electron chi connectivity index (χ0n) is 21.7. The Morgan fingerprint density at radius 1 is 1.14 bits per heavy atom. The number of likely N-dealkylation sites (tertiary alicyclic amines) is 1. The topological polar surface area (TPSA) is 89.6 Å². The molecular formula is C27H36ClN7O2. The van der Waals surface area contributed by atoms with Crippen LogP contribution in [0.4, 0.5) is 11.4 Å².